The molecule has 0 atom stereocenters. The van der Waals surface area contributed by atoms with Crippen molar-refractivity contribution in [3.8, 4) is 16.9 Å². The molecule has 2 nitrogen and oxygen atoms in total. The molecular formula is C14H11F4NO. The third-order valence-electron chi connectivity index (χ3n) is 2.85. The van der Waals surface area contributed by atoms with Crippen molar-refractivity contribution in [3.05, 3.63) is 47.8 Å². The van der Waals surface area contributed by atoms with E-state index in [1.54, 1.807) is 6.07 Å². The molecule has 0 fully saturated rings. The Hall–Kier alpha value is -2.24. The predicted molar refractivity (Wildman–Crippen MR) is 67.8 cm³/mol. The van der Waals surface area contributed by atoms with Gasteiger partial charge in [0.05, 0.1) is 12.7 Å². The van der Waals surface area contributed by atoms with Crippen LogP contribution in [0.4, 0.5) is 23.2 Å². The SMILES string of the molecule is COc1cccc(-c2ccc(C(F)(F)F)c(N)c2)c1F. The van der Waals surface area contributed by atoms with Crippen LogP contribution >= 0.6 is 0 Å². The van der Waals surface area contributed by atoms with Gasteiger partial charge in [-0.1, -0.05) is 18.2 Å². The molecule has 2 N–H and O–H groups in total. The summed E-state index contributed by atoms with van der Waals surface area (Å²) in [5.41, 5.74) is 4.39. The van der Waals surface area contributed by atoms with Gasteiger partial charge < -0.3 is 10.5 Å². The van der Waals surface area contributed by atoms with Gasteiger partial charge in [0.2, 0.25) is 0 Å². The van der Waals surface area contributed by atoms with Crippen LogP contribution in [0.1, 0.15) is 5.56 Å². The number of nitrogens with two attached hydrogens (primary N) is 1. The van der Waals surface area contributed by atoms with E-state index in [4.69, 9.17) is 10.5 Å². The molecule has 0 aliphatic rings. The smallest absolute Gasteiger partial charge is 0.418 e. The molecule has 0 spiro atoms. The van der Waals surface area contributed by atoms with Crippen LogP contribution in [-0.4, -0.2) is 7.11 Å². The van der Waals surface area contributed by atoms with E-state index in [2.05, 4.69) is 0 Å². The van der Waals surface area contributed by atoms with Crippen molar-refractivity contribution in [1.29, 1.82) is 0 Å². The van der Waals surface area contributed by atoms with Crippen LogP contribution in [-0.2, 0) is 6.18 Å². The van der Waals surface area contributed by atoms with Crippen molar-refractivity contribution in [2.75, 3.05) is 12.8 Å². The number of alkyl halides is 3. The minimum Gasteiger partial charge on any atom is -0.494 e. The number of ether oxygens (including phenoxy) is 1. The molecule has 0 heterocycles. The Kier molecular flexibility index (Phi) is 3.57. The number of hydrogen-bond acceptors (Lipinski definition) is 2. The van der Waals surface area contributed by atoms with E-state index in [1.807, 2.05) is 0 Å². The first kappa shape index (κ1) is 14.2. The van der Waals surface area contributed by atoms with Crippen molar-refractivity contribution in [1.82, 2.24) is 0 Å². The van der Waals surface area contributed by atoms with Gasteiger partial charge in [0.15, 0.2) is 11.6 Å². The molecule has 0 aliphatic heterocycles. The fraction of sp³-hybridized carbons (Fsp3) is 0.143. The molecule has 0 saturated heterocycles. The van der Waals surface area contributed by atoms with Crippen molar-refractivity contribution in [3.63, 3.8) is 0 Å². The molecule has 2 aromatic rings. The highest BCUT2D eigenvalue weighted by molar-refractivity contribution is 5.71. The van der Waals surface area contributed by atoms with Crippen molar-refractivity contribution >= 4 is 5.69 Å². The number of benzene rings is 2. The second-order valence-corrected chi connectivity index (χ2v) is 4.12. The Morgan fingerprint density at radius 1 is 1.10 bits per heavy atom. The molecular weight excluding hydrogens is 274 g/mol. The van der Waals surface area contributed by atoms with Gasteiger partial charge in [-0.25, -0.2) is 4.39 Å². The molecule has 2 aromatic carbocycles. The van der Waals surface area contributed by atoms with Crippen LogP contribution in [0.25, 0.3) is 11.1 Å². The first-order valence-corrected chi connectivity index (χ1v) is 5.64. The van der Waals surface area contributed by atoms with E-state index >= 15 is 0 Å². The maximum absolute atomic E-state index is 14.0. The van der Waals surface area contributed by atoms with Gasteiger partial charge in [0, 0.05) is 11.3 Å². The van der Waals surface area contributed by atoms with Crippen molar-refractivity contribution in [2.24, 2.45) is 0 Å². The van der Waals surface area contributed by atoms with Gasteiger partial charge in [0.1, 0.15) is 0 Å². The highest BCUT2D eigenvalue weighted by Gasteiger charge is 2.32. The largest absolute Gasteiger partial charge is 0.494 e. The Bertz CT molecular complexity index is 638. The number of anilines is 1. The van der Waals surface area contributed by atoms with Crippen molar-refractivity contribution < 1.29 is 22.3 Å². The average molecular weight is 285 g/mol. The molecule has 0 bridgehead atoms. The number of nitrogen functional groups attached to an aromatic ring is 1. The highest BCUT2D eigenvalue weighted by atomic mass is 19.4. The quantitative estimate of drug-likeness (QED) is 0.666. The first-order valence-electron chi connectivity index (χ1n) is 5.64. The highest BCUT2D eigenvalue weighted by Crippen LogP contribution is 2.37. The molecule has 0 aliphatic carbocycles. The lowest BCUT2D eigenvalue weighted by atomic mass is 10.0. The minimum atomic E-state index is -4.53. The normalized spacial score (nSPS) is 11.4. The zero-order valence-corrected chi connectivity index (χ0v) is 10.5. The second kappa shape index (κ2) is 5.03. The summed E-state index contributed by atoms with van der Waals surface area (Å²) in [6.07, 6.45) is -4.53. The average Bonchev–Trinajstić information content (AvgIpc) is 2.37. The summed E-state index contributed by atoms with van der Waals surface area (Å²) < 4.78 is 56.7. The summed E-state index contributed by atoms with van der Waals surface area (Å²) in [5.74, 6) is -0.630. The number of halogens is 4. The Morgan fingerprint density at radius 3 is 2.35 bits per heavy atom. The van der Waals surface area contributed by atoms with E-state index in [0.29, 0.717) is 0 Å². The Labute approximate surface area is 112 Å². The van der Waals surface area contributed by atoms with Gasteiger partial charge in [0.25, 0.3) is 0 Å². The summed E-state index contributed by atoms with van der Waals surface area (Å²) in [7, 11) is 1.31. The summed E-state index contributed by atoms with van der Waals surface area (Å²) in [6, 6.07) is 7.53. The van der Waals surface area contributed by atoms with E-state index < -0.39 is 23.2 Å². The second-order valence-electron chi connectivity index (χ2n) is 4.12. The van der Waals surface area contributed by atoms with Crippen LogP contribution in [0.15, 0.2) is 36.4 Å². The van der Waals surface area contributed by atoms with E-state index in [9.17, 15) is 17.6 Å². The molecule has 6 heteroatoms. The lowest BCUT2D eigenvalue weighted by Gasteiger charge is -2.12. The Morgan fingerprint density at radius 2 is 1.80 bits per heavy atom. The van der Waals surface area contributed by atoms with Crippen LogP contribution < -0.4 is 10.5 Å². The van der Waals surface area contributed by atoms with Crippen LogP contribution in [0.3, 0.4) is 0 Å². The number of rotatable bonds is 2. The van der Waals surface area contributed by atoms with Gasteiger partial charge in [-0.05, 0) is 23.8 Å². The molecule has 106 valence electrons. The van der Waals surface area contributed by atoms with Crippen LogP contribution in [0.5, 0.6) is 5.75 Å². The van der Waals surface area contributed by atoms with Gasteiger partial charge in [-0.3, -0.25) is 0 Å². The van der Waals surface area contributed by atoms with Crippen LogP contribution in [0, 0.1) is 5.82 Å². The Balaban J connectivity index is 2.53. The zero-order valence-electron chi connectivity index (χ0n) is 10.5. The van der Waals surface area contributed by atoms with Gasteiger partial charge in [-0.2, -0.15) is 13.2 Å². The fourth-order valence-corrected chi connectivity index (χ4v) is 1.88. The minimum absolute atomic E-state index is 0.0148. The van der Waals surface area contributed by atoms with Gasteiger partial charge >= 0.3 is 6.18 Å². The lowest BCUT2D eigenvalue weighted by Crippen LogP contribution is -2.08. The third-order valence-corrected chi connectivity index (χ3v) is 2.85. The first-order chi connectivity index (χ1) is 9.34. The lowest BCUT2D eigenvalue weighted by molar-refractivity contribution is -0.136. The maximum atomic E-state index is 14.0. The molecule has 0 amide bonds. The summed E-state index contributed by atoms with van der Waals surface area (Å²) >= 11 is 0. The predicted octanol–water partition coefficient (Wildman–Crippen LogP) is 4.10. The van der Waals surface area contributed by atoms with E-state index in [1.165, 1.54) is 25.3 Å². The fourth-order valence-electron chi connectivity index (χ4n) is 1.88. The number of methoxy groups -OCH3 is 1. The van der Waals surface area contributed by atoms with Crippen LogP contribution in [0.2, 0.25) is 0 Å². The molecule has 0 unspecified atom stereocenters. The third kappa shape index (κ3) is 2.54. The van der Waals surface area contributed by atoms with E-state index in [0.717, 1.165) is 12.1 Å². The number of hydrogen-bond donors (Lipinski definition) is 1. The van der Waals surface area contributed by atoms with Gasteiger partial charge in [-0.15, -0.1) is 0 Å². The standard InChI is InChI=1S/C14H11F4NO/c1-20-12-4-2-3-9(13(12)15)8-5-6-10(11(19)7-8)14(16,17)18/h2-7H,19H2,1H3. The summed E-state index contributed by atoms with van der Waals surface area (Å²) in [4.78, 5) is 0. The molecule has 20 heavy (non-hydrogen) atoms. The zero-order chi connectivity index (χ0) is 14.9. The van der Waals surface area contributed by atoms with Crippen molar-refractivity contribution in [2.45, 2.75) is 6.18 Å². The maximum Gasteiger partial charge on any atom is 0.418 e. The summed E-state index contributed by atoms with van der Waals surface area (Å²) in [6.45, 7) is 0. The monoisotopic (exact) mass is 285 g/mol. The molecule has 0 radical (unpaired) electrons. The van der Waals surface area contributed by atoms with E-state index in [-0.39, 0.29) is 16.9 Å². The molecule has 2 rings (SSSR count). The summed E-state index contributed by atoms with van der Waals surface area (Å²) in [5, 5.41) is 0. The molecule has 0 aromatic heterocycles. The molecule has 0 saturated carbocycles. The topological polar surface area (TPSA) is 35.2 Å².